The molecule has 0 saturated heterocycles. The molecule has 0 aromatic heterocycles. The fraction of sp³-hybridized carbons (Fsp3) is 0.143. The van der Waals surface area contributed by atoms with E-state index in [1.807, 2.05) is 0 Å². The summed E-state index contributed by atoms with van der Waals surface area (Å²) in [4.78, 5) is 0. The van der Waals surface area contributed by atoms with Crippen molar-refractivity contribution in [3.8, 4) is 0 Å². The Kier molecular flexibility index (Phi) is 1.61. The van der Waals surface area contributed by atoms with E-state index in [1.54, 1.807) is 0 Å². The normalized spacial score (nSPS) is 14.2. The van der Waals surface area contributed by atoms with Crippen molar-refractivity contribution in [3.63, 3.8) is 0 Å². The van der Waals surface area contributed by atoms with Crippen molar-refractivity contribution >= 4 is 12.9 Å². The molecule has 1 nitrogen and oxygen atoms in total. The lowest BCUT2D eigenvalue weighted by atomic mass is 9.87. The van der Waals surface area contributed by atoms with Crippen LogP contribution in [0, 0.1) is 17.5 Å². The maximum absolute atomic E-state index is 12.9. The van der Waals surface area contributed by atoms with E-state index in [1.165, 1.54) is 0 Å². The lowest BCUT2D eigenvalue weighted by Gasteiger charge is -2.00. The van der Waals surface area contributed by atoms with E-state index in [0.717, 1.165) is 6.07 Å². The highest BCUT2D eigenvalue weighted by molar-refractivity contribution is 6.48. The average molecular weight is 172 g/mol. The minimum Gasteiger partial charge on any atom is -0.430 e. The molecule has 5 heteroatoms. The Balaban J connectivity index is 2.67. The molecule has 0 aliphatic carbocycles. The topological polar surface area (TPSA) is 9.23 Å². The molecule has 1 aromatic carbocycles. The summed E-state index contributed by atoms with van der Waals surface area (Å²) in [5.41, 5.74) is 0.528. The van der Waals surface area contributed by atoms with Gasteiger partial charge in [0.25, 0.3) is 0 Å². The van der Waals surface area contributed by atoms with Crippen LogP contribution in [0.15, 0.2) is 6.07 Å². The molecule has 0 bridgehead atoms. The van der Waals surface area contributed by atoms with E-state index in [0.29, 0.717) is 5.46 Å². The van der Waals surface area contributed by atoms with Gasteiger partial charge in [0.2, 0.25) is 0 Å². The van der Waals surface area contributed by atoms with Gasteiger partial charge in [-0.3, -0.25) is 0 Å². The van der Waals surface area contributed by atoms with Gasteiger partial charge in [-0.25, -0.2) is 13.2 Å². The summed E-state index contributed by atoms with van der Waals surface area (Å²) in [7, 11) is 0.156. The van der Waals surface area contributed by atoms with Gasteiger partial charge in [-0.2, -0.15) is 0 Å². The van der Waals surface area contributed by atoms with Crippen molar-refractivity contribution in [3.05, 3.63) is 29.1 Å². The SMILES string of the molecule is Fc1cc2c(c(F)c1F)COB2. The second-order valence-corrected chi connectivity index (χ2v) is 2.62. The molecule has 62 valence electrons. The van der Waals surface area contributed by atoms with Crippen molar-refractivity contribution in [1.82, 2.24) is 0 Å². The van der Waals surface area contributed by atoms with Crippen LogP contribution in [-0.4, -0.2) is 7.48 Å². The molecule has 0 saturated carbocycles. The molecule has 0 N–H and O–H groups in total. The molecule has 2 rings (SSSR count). The van der Waals surface area contributed by atoms with Gasteiger partial charge in [-0.1, -0.05) is 0 Å². The summed E-state index contributed by atoms with van der Waals surface area (Å²) in [5, 5.41) is 0. The Hall–Kier alpha value is -0.965. The van der Waals surface area contributed by atoms with E-state index in [9.17, 15) is 13.2 Å². The highest BCUT2D eigenvalue weighted by atomic mass is 19.2. The van der Waals surface area contributed by atoms with Crippen LogP contribution in [0.25, 0.3) is 0 Å². The Labute approximate surface area is 67.4 Å². The minimum atomic E-state index is -1.42. The Bertz CT molecular complexity index is 340. The van der Waals surface area contributed by atoms with Gasteiger partial charge in [0.1, 0.15) is 0 Å². The predicted molar refractivity (Wildman–Crippen MR) is 37.9 cm³/mol. The minimum absolute atomic E-state index is 0.0262. The smallest absolute Gasteiger partial charge is 0.309 e. The molecule has 0 fully saturated rings. The van der Waals surface area contributed by atoms with Crippen LogP contribution < -0.4 is 5.46 Å². The number of rotatable bonds is 0. The highest BCUT2D eigenvalue weighted by Gasteiger charge is 2.23. The maximum atomic E-state index is 12.9. The molecule has 0 radical (unpaired) electrons. The quantitative estimate of drug-likeness (QED) is 0.411. The molecule has 0 amide bonds. The van der Waals surface area contributed by atoms with Crippen LogP contribution in [0.4, 0.5) is 13.2 Å². The van der Waals surface area contributed by atoms with Crippen LogP contribution in [-0.2, 0) is 11.3 Å². The zero-order valence-electron chi connectivity index (χ0n) is 6.03. The van der Waals surface area contributed by atoms with E-state index in [2.05, 4.69) is 0 Å². The van der Waals surface area contributed by atoms with Crippen molar-refractivity contribution in [2.45, 2.75) is 6.61 Å². The fourth-order valence-electron chi connectivity index (χ4n) is 1.23. The Morgan fingerprint density at radius 2 is 2.00 bits per heavy atom. The standard InChI is InChI=1S/C7H4BF3O/c9-5-1-4-3(2-12-8-4)6(10)7(5)11/h1,8H,2H2. The number of hydrogen-bond donors (Lipinski definition) is 0. The molecular weight excluding hydrogens is 168 g/mol. The zero-order valence-corrected chi connectivity index (χ0v) is 6.03. The van der Waals surface area contributed by atoms with E-state index >= 15 is 0 Å². The van der Waals surface area contributed by atoms with Crippen molar-refractivity contribution in [1.29, 1.82) is 0 Å². The third kappa shape index (κ3) is 0.931. The Morgan fingerprint density at radius 3 is 2.75 bits per heavy atom. The number of hydrogen-bond acceptors (Lipinski definition) is 1. The summed E-state index contributed by atoms with van der Waals surface area (Å²) in [6.45, 7) is 0.0262. The monoisotopic (exact) mass is 172 g/mol. The highest BCUT2D eigenvalue weighted by Crippen LogP contribution is 2.16. The first kappa shape index (κ1) is 7.67. The largest absolute Gasteiger partial charge is 0.430 e. The molecule has 1 heterocycles. The summed E-state index contributed by atoms with van der Waals surface area (Å²) in [6, 6.07) is 0.973. The molecule has 12 heavy (non-hydrogen) atoms. The van der Waals surface area contributed by atoms with Gasteiger partial charge in [0.05, 0.1) is 6.61 Å². The zero-order chi connectivity index (χ0) is 8.72. The molecule has 0 spiro atoms. The van der Waals surface area contributed by atoms with Crippen LogP contribution in [0.2, 0.25) is 0 Å². The number of fused-ring (bicyclic) bond motifs is 1. The molecule has 1 aromatic rings. The lowest BCUT2D eigenvalue weighted by molar-refractivity contribution is 0.334. The van der Waals surface area contributed by atoms with E-state index in [-0.39, 0.29) is 19.7 Å². The molecule has 1 aliphatic heterocycles. The summed E-state index contributed by atoms with van der Waals surface area (Å²) >= 11 is 0. The van der Waals surface area contributed by atoms with Gasteiger partial charge < -0.3 is 4.65 Å². The van der Waals surface area contributed by atoms with Crippen LogP contribution in [0.3, 0.4) is 0 Å². The number of halogens is 3. The summed E-state index contributed by atoms with van der Waals surface area (Å²) in [5.74, 6) is -3.70. The number of benzene rings is 1. The second-order valence-electron chi connectivity index (χ2n) is 2.62. The maximum Gasteiger partial charge on any atom is 0.309 e. The molecule has 1 aliphatic rings. The van der Waals surface area contributed by atoms with Crippen molar-refractivity contribution in [2.24, 2.45) is 0 Å². The second kappa shape index (κ2) is 2.52. The third-order valence-electron chi connectivity index (χ3n) is 1.86. The van der Waals surface area contributed by atoms with Crippen LogP contribution >= 0.6 is 0 Å². The van der Waals surface area contributed by atoms with Crippen molar-refractivity contribution < 1.29 is 17.8 Å². The predicted octanol–water partition coefficient (Wildman–Crippen LogP) is 0.611. The Morgan fingerprint density at radius 1 is 1.25 bits per heavy atom. The van der Waals surface area contributed by atoms with E-state index < -0.39 is 17.5 Å². The van der Waals surface area contributed by atoms with Gasteiger partial charge >= 0.3 is 7.48 Å². The van der Waals surface area contributed by atoms with Crippen LogP contribution in [0.1, 0.15) is 5.56 Å². The van der Waals surface area contributed by atoms with Crippen LogP contribution in [0.5, 0.6) is 0 Å². The van der Waals surface area contributed by atoms with Gasteiger partial charge in [0.15, 0.2) is 17.5 Å². The lowest BCUT2D eigenvalue weighted by Crippen LogP contribution is -2.15. The fourth-order valence-corrected chi connectivity index (χ4v) is 1.23. The average Bonchev–Trinajstić information content (AvgIpc) is 2.48. The van der Waals surface area contributed by atoms with Gasteiger partial charge in [-0.05, 0) is 11.5 Å². The van der Waals surface area contributed by atoms with E-state index in [4.69, 9.17) is 4.65 Å². The first-order valence-corrected chi connectivity index (χ1v) is 3.43. The molecule has 0 atom stereocenters. The summed E-state index contributed by atoms with van der Waals surface area (Å²) < 4.78 is 42.8. The van der Waals surface area contributed by atoms with Gasteiger partial charge in [0, 0.05) is 5.56 Å². The first-order chi connectivity index (χ1) is 5.70. The first-order valence-electron chi connectivity index (χ1n) is 3.43. The van der Waals surface area contributed by atoms with Gasteiger partial charge in [-0.15, -0.1) is 0 Å². The summed E-state index contributed by atoms with van der Waals surface area (Å²) in [6.07, 6.45) is 0. The van der Waals surface area contributed by atoms with Crippen molar-refractivity contribution in [2.75, 3.05) is 0 Å². The molecular formula is C7H4BF3O. The third-order valence-corrected chi connectivity index (χ3v) is 1.86. The molecule has 0 unspecified atom stereocenters.